The average molecular weight is 298 g/mol. The van der Waals surface area contributed by atoms with Crippen LogP contribution in [0.5, 0.6) is 0 Å². The van der Waals surface area contributed by atoms with E-state index in [4.69, 9.17) is 5.11 Å². The zero-order valence-corrected chi connectivity index (χ0v) is 12.6. The van der Waals surface area contributed by atoms with Gasteiger partial charge in [-0.05, 0) is 49.2 Å². The summed E-state index contributed by atoms with van der Waals surface area (Å²) in [6.45, 7) is 4.07. The van der Waals surface area contributed by atoms with Gasteiger partial charge >= 0.3 is 5.97 Å². The number of nitrogens with zero attached hydrogens (tertiary/aromatic N) is 2. The van der Waals surface area contributed by atoms with E-state index >= 15 is 0 Å². The fourth-order valence-corrected chi connectivity index (χ4v) is 2.09. The largest absolute Gasteiger partial charge is 0.481 e. The highest BCUT2D eigenvalue weighted by molar-refractivity contribution is 6.06. The first-order valence-electron chi connectivity index (χ1n) is 7.00. The molecule has 0 bridgehead atoms. The van der Waals surface area contributed by atoms with E-state index in [-0.39, 0.29) is 18.9 Å². The number of aryl methyl sites for hydroxylation is 2. The molecule has 5 nitrogen and oxygen atoms in total. The lowest BCUT2D eigenvalue weighted by Gasteiger charge is -2.23. The molecule has 0 fully saturated rings. The molecule has 0 aliphatic carbocycles. The zero-order valence-electron chi connectivity index (χ0n) is 12.6. The van der Waals surface area contributed by atoms with Crippen molar-refractivity contribution < 1.29 is 14.7 Å². The summed E-state index contributed by atoms with van der Waals surface area (Å²) in [5.74, 6) is -1.19. The van der Waals surface area contributed by atoms with E-state index in [9.17, 15) is 9.59 Å². The molecule has 0 unspecified atom stereocenters. The van der Waals surface area contributed by atoms with E-state index < -0.39 is 5.97 Å². The van der Waals surface area contributed by atoms with Crippen LogP contribution in [0.2, 0.25) is 0 Å². The van der Waals surface area contributed by atoms with Crippen LogP contribution < -0.4 is 4.90 Å². The van der Waals surface area contributed by atoms with Crippen LogP contribution in [0.3, 0.4) is 0 Å². The molecule has 114 valence electrons. The van der Waals surface area contributed by atoms with E-state index in [1.165, 1.54) is 11.1 Å². The summed E-state index contributed by atoms with van der Waals surface area (Å²) in [5, 5.41) is 8.91. The molecule has 1 N–H and O–H groups in total. The van der Waals surface area contributed by atoms with Gasteiger partial charge in [0.2, 0.25) is 0 Å². The maximum atomic E-state index is 12.6. The van der Waals surface area contributed by atoms with Crippen molar-refractivity contribution in [2.75, 3.05) is 11.4 Å². The number of carbonyl (C=O) groups excluding carboxylic acids is 1. The first-order valence-corrected chi connectivity index (χ1v) is 7.00. The Kier molecular flexibility index (Phi) is 4.88. The topological polar surface area (TPSA) is 70.5 Å². The lowest BCUT2D eigenvalue weighted by atomic mass is 10.1. The maximum Gasteiger partial charge on any atom is 0.305 e. The van der Waals surface area contributed by atoms with E-state index in [1.54, 1.807) is 18.3 Å². The van der Waals surface area contributed by atoms with Gasteiger partial charge in [0.15, 0.2) is 0 Å². The van der Waals surface area contributed by atoms with Crippen LogP contribution >= 0.6 is 0 Å². The number of anilines is 1. The molecule has 1 amide bonds. The van der Waals surface area contributed by atoms with Crippen molar-refractivity contribution in [3.05, 3.63) is 59.4 Å². The molecule has 0 saturated carbocycles. The first kappa shape index (κ1) is 15.7. The van der Waals surface area contributed by atoms with Gasteiger partial charge in [-0.2, -0.15) is 0 Å². The summed E-state index contributed by atoms with van der Waals surface area (Å²) in [4.78, 5) is 28.9. The van der Waals surface area contributed by atoms with Crippen LogP contribution in [0.4, 0.5) is 5.69 Å². The van der Waals surface area contributed by atoms with Crippen LogP contribution in [0.1, 0.15) is 27.9 Å². The standard InChI is InChI=1S/C17H18N2O3/c1-12-5-6-15(10-13(12)2)19(9-7-16(20)21)17(22)14-4-3-8-18-11-14/h3-6,8,10-11H,7,9H2,1-2H3,(H,20,21). The van der Waals surface area contributed by atoms with Gasteiger partial charge in [-0.3, -0.25) is 14.6 Å². The van der Waals surface area contributed by atoms with Gasteiger partial charge in [0.25, 0.3) is 5.91 Å². The highest BCUT2D eigenvalue weighted by atomic mass is 16.4. The molecule has 0 aliphatic heterocycles. The van der Waals surface area contributed by atoms with E-state index in [1.807, 2.05) is 32.0 Å². The Hall–Kier alpha value is -2.69. The average Bonchev–Trinajstić information content (AvgIpc) is 2.51. The monoisotopic (exact) mass is 298 g/mol. The molecule has 1 heterocycles. The van der Waals surface area contributed by atoms with E-state index in [2.05, 4.69) is 4.98 Å². The Balaban J connectivity index is 2.35. The summed E-state index contributed by atoms with van der Waals surface area (Å²) in [5.41, 5.74) is 3.30. The Labute approximate surface area is 129 Å². The summed E-state index contributed by atoms with van der Waals surface area (Å²) in [7, 11) is 0. The van der Waals surface area contributed by atoms with Crippen molar-refractivity contribution in [3.63, 3.8) is 0 Å². The van der Waals surface area contributed by atoms with E-state index in [0.717, 1.165) is 11.1 Å². The number of rotatable bonds is 5. The molecule has 1 aromatic heterocycles. The van der Waals surface area contributed by atoms with Crippen LogP contribution in [0, 0.1) is 13.8 Å². The summed E-state index contributed by atoms with van der Waals surface area (Å²) < 4.78 is 0. The Morgan fingerprint density at radius 1 is 1.18 bits per heavy atom. The van der Waals surface area contributed by atoms with Crippen molar-refractivity contribution in [1.29, 1.82) is 0 Å². The number of benzene rings is 1. The Morgan fingerprint density at radius 2 is 1.95 bits per heavy atom. The van der Waals surface area contributed by atoms with Gasteiger partial charge < -0.3 is 10.0 Å². The van der Waals surface area contributed by atoms with Crippen LogP contribution in [-0.2, 0) is 4.79 Å². The Bertz CT molecular complexity index is 684. The highest BCUT2D eigenvalue weighted by Gasteiger charge is 2.19. The van der Waals surface area contributed by atoms with E-state index in [0.29, 0.717) is 11.3 Å². The minimum atomic E-state index is -0.937. The normalized spacial score (nSPS) is 10.3. The van der Waals surface area contributed by atoms with Crippen molar-refractivity contribution >= 4 is 17.6 Å². The maximum absolute atomic E-state index is 12.6. The minimum Gasteiger partial charge on any atom is -0.481 e. The van der Waals surface area contributed by atoms with Gasteiger partial charge in [-0.25, -0.2) is 0 Å². The number of carboxylic acids is 1. The number of aromatic nitrogens is 1. The molecule has 22 heavy (non-hydrogen) atoms. The molecule has 2 aromatic rings. The fraction of sp³-hybridized carbons (Fsp3) is 0.235. The molecule has 0 saturated heterocycles. The predicted octanol–water partition coefficient (Wildman–Crippen LogP) is 2.82. The van der Waals surface area contributed by atoms with Crippen molar-refractivity contribution in [2.24, 2.45) is 0 Å². The SMILES string of the molecule is Cc1ccc(N(CCC(=O)O)C(=O)c2cccnc2)cc1C. The second-order valence-corrected chi connectivity index (χ2v) is 5.11. The lowest BCUT2D eigenvalue weighted by molar-refractivity contribution is -0.136. The number of pyridine rings is 1. The number of hydrogen-bond acceptors (Lipinski definition) is 3. The van der Waals surface area contributed by atoms with Crippen LogP contribution in [0.15, 0.2) is 42.7 Å². The minimum absolute atomic E-state index is 0.112. The van der Waals surface area contributed by atoms with Crippen LogP contribution in [-0.4, -0.2) is 28.5 Å². The number of amides is 1. The van der Waals surface area contributed by atoms with Crippen molar-refractivity contribution in [1.82, 2.24) is 4.98 Å². The second-order valence-electron chi connectivity index (χ2n) is 5.11. The highest BCUT2D eigenvalue weighted by Crippen LogP contribution is 2.21. The van der Waals surface area contributed by atoms with Crippen molar-refractivity contribution in [3.8, 4) is 0 Å². The third-order valence-corrected chi connectivity index (χ3v) is 3.51. The van der Waals surface area contributed by atoms with Gasteiger partial charge in [-0.1, -0.05) is 6.07 Å². The number of carbonyl (C=O) groups is 2. The first-order chi connectivity index (χ1) is 10.5. The summed E-state index contributed by atoms with van der Waals surface area (Å²) >= 11 is 0. The molecule has 1 aromatic carbocycles. The molecule has 0 aliphatic rings. The quantitative estimate of drug-likeness (QED) is 0.921. The molecule has 0 spiro atoms. The Morgan fingerprint density at radius 3 is 2.55 bits per heavy atom. The smallest absolute Gasteiger partial charge is 0.305 e. The number of carboxylic acid groups (broad SMARTS) is 1. The molecule has 0 radical (unpaired) electrons. The third-order valence-electron chi connectivity index (χ3n) is 3.51. The molecule has 2 rings (SSSR count). The fourth-order valence-electron chi connectivity index (χ4n) is 2.09. The molecular formula is C17H18N2O3. The molecule has 5 heteroatoms. The molecular weight excluding hydrogens is 280 g/mol. The zero-order chi connectivity index (χ0) is 16.1. The van der Waals surface area contributed by atoms with Gasteiger partial charge in [-0.15, -0.1) is 0 Å². The summed E-state index contributed by atoms with van der Waals surface area (Å²) in [6, 6.07) is 9.01. The van der Waals surface area contributed by atoms with Crippen molar-refractivity contribution in [2.45, 2.75) is 20.3 Å². The van der Waals surface area contributed by atoms with Crippen LogP contribution in [0.25, 0.3) is 0 Å². The van der Waals surface area contributed by atoms with Gasteiger partial charge in [0, 0.05) is 24.6 Å². The summed E-state index contributed by atoms with van der Waals surface area (Å²) in [6.07, 6.45) is 2.96. The predicted molar refractivity (Wildman–Crippen MR) is 84.1 cm³/mol. The lowest BCUT2D eigenvalue weighted by Crippen LogP contribution is -2.33. The van der Waals surface area contributed by atoms with Gasteiger partial charge in [0.05, 0.1) is 12.0 Å². The third kappa shape index (κ3) is 3.69. The number of aliphatic carboxylic acids is 1. The number of hydrogen-bond donors (Lipinski definition) is 1. The van der Waals surface area contributed by atoms with Gasteiger partial charge in [0.1, 0.15) is 0 Å². The molecule has 0 atom stereocenters. The second kappa shape index (κ2) is 6.85.